The molecule has 0 aliphatic carbocycles. The van der Waals surface area contributed by atoms with Gasteiger partial charge in [0.05, 0.1) is 36.7 Å². The zero-order chi connectivity index (χ0) is 21.1. The van der Waals surface area contributed by atoms with E-state index in [9.17, 15) is 9.59 Å². The van der Waals surface area contributed by atoms with Crippen molar-refractivity contribution in [2.24, 2.45) is 0 Å². The highest BCUT2D eigenvalue weighted by atomic mass is 16.5. The van der Waals surface area contributed by atoms with Crippen LogP contribution < -0.4 is 15.4 Å². The Morgan fingerprint density at radius 2 is 2.20 bits per heavy atom. The number of imidazole rings is 1. The number of hydrogen-bond acceptors (Lipinski definition) is 6. The first-order chi connectivity index (χ1) is 14.6. The number of aromatic amines is 1. The summed E-state index contributed by atoms with van der Waals surface area (Å²) in [7, 11) is 1.60. The van der Waals surface area contributed by atoms with E-state index in [0.717, 1.165) is 16.8 Å². The number of aromatic nitrogens is 3. The predicted octanol–water partition coefficient (Wildman–Crippen LogP) is 3.08. The SMILES string of the molecule is CCOC(=O)CCCNc1nc2c3c(ccc2[nH]1)NC(=O)C3=Cn1ccc(OC)c1. The molecule has 2 aromatic heterocycles. The predicted molar refractivity (Wildman–Crippen MR) is 114 cm³/mol. The molecule has 1 aromatic carbocycles. The van der Waals surface area contributed by atoms with Gasteiger partial charge >= 0.3 is 5.97 Å². The van der Waals surface area contributed by atoms with Crippen LogP contribution in [0.3, 0.4) is 0 Å². The van der Waals surface area contributed by atoms with E-state index < -0.39 is 0 Å². The van der Waals surface area contributed by atoms with Gasteiger partial charge in [-0.05, 0) is 31.5 Å². The first kappa shape index (κ1) is 19.6. The minimum absolute atomic E-state index is 0.183. The van der Waals surface area contributed by atoms with Crippen LogP contribution >= 0.6 is 0 Å². The molecule has 156 valence electrons. The van der Waals surface area contributed by atoms with Crippen LogP contribution in [0.2, 0.25) is 0 Å². The summed E-state index contributed by atoms with van der Waals surface area (Å²) in [6.07, 6.45) is 6.35. The number of anilines is 2. The number of H-pyrrole nitrogens is 1. The van der Waals surface area contributed by atoms with Gasteiger partial charge in [-0.3, -0.25) is 9.59 Å². The highest BCUT2D eigenvalue weighted by Crippen LogP contribution is 2.37. The van der Waals surface area contributed by atoms with E-state index in [1.807, 2.05) is 24.4 Å². The van der Waals surface area contributed by atoms with Gasteiger partial charge < -0.3 is 29.7 Å². The standard InChI is InChI=1S/C21H23N5O4/c1-3-30-17(27)5-4-9-22-21-24-16-7-6-15-18(19(16)25-21)14(20(28)23-15)12-26-10-8-13(11-26)29-2/h6-8,10-12H,3-5,9H2,1-2H3,(H,23,28)(H2,22,24,25). The number of benzene rings is 1. The number of rotatable bonds is 8. The second-order valence-corrected chi connectivity index (χ2v) is 6.80. The molecule has 9 heteroatoms. The van der Waals surface area contributed by atoms with Crippen LogP contribution in [-0.4, -0.2) is 46.7 Å². The van der Waals surface area contributed by atoms with Gasteiger partial charge in [0.1, 0.15) is 11.3 Å². The molecule has 9 nitrogen and oxygen atoms in total. The number of nitrogens with zero attached hydrogens (tertiary/aromatic N) is 2. The quantitative estimate of drug-likeness (QED) is 0.300. The van der Waals surface area contributed by atoms with Crippen LogP contribution in [0.4, 0.5) is 11.6 Å². The first-order valence-electron chi connectivity index (χ1n) is 9.76. The van der Waals surface area contributed by atoms with Gasteiger partial charge in [-0.2, -0.15) is 0 Å². The molecule has 0 radical (unpaired) electrons. The van der Waals surface area contributed by atoms with Crippen molar-refractivity contribution in [1.29, 1.82) is 0 Å². The monoisotopic (exact) mass is 409 g/mol. The van der Waals surface area contributed by atoms with Gasteiger partial charge in [-0.1, -0.05) is 0 Å². The Balaban J connectivity index is 1.56. The zero-order valence-corrected chi connectivity index (χ0v) is 16.8. The number of fused-ring (bicyclic) bond motifs is 3. The Kier molecular flexibility index (Phi) is 5.42. The second kappa shape index (κ2) is 8.32. The fourth-order valence-electron chi connectivity index (χ4n) is 3.38. The molecule has 0 saturated heterocycles. The Bertz CT molecular complexity index is 1130. The fourth-order valence-corrected chi connectivity index (χ4v) is 3.38. The van der Waals surface area contributed by atoms with Crippen molar-refractivity contribution in [3.8, 4) is 5.75 Å². The highest BCUT2D eigenvalue weighted by Gasteiger charge is 2.28. The van der Waals surface area contributed by atoms with Gasteiger partial charge in [0.2, 0.25) is 5.95 Å². The molecule has 1 aliphatic heterocycles. The summed E-state index contributed by atoms with van der Waals surface area (Å²) in [6.45, 7) is 2.75. The number of carbonyl (C=O) groups excluding carboxylic acids is 2. The third-order valence-electron chi connectivity index (χ3n) is 4.77. The summed E-state index contributed by atoms with van der Waals surface area (Å²) in [4.78, 5) is 31.9. The van der Waals surface area contributed by atoms with Crippen molar-refractivity contribution < 1.29 is 19.1 Å². The third kappa shape index (κ3) is 3.86. The maximum Gasteiger partial charge on any atom is 0.305 e. The van der Waals surface area contributed by atoms with Crippen LogP contribution in [-0.2, 0) is 14.3 Å². The van der Waals surface area contributed by atoms with Crippen molar-refractivity contribution in [2.45, 2.75) is 19.8 Å². The van der Waals surface area contributed by atoms with Crippen LogP contribution in [0.25, 0.3) is 22.8 Å². The molecule has 3 heterocycles. The number of hydrogen-bond donors (Lipinski definition) is 3. The molecule has 0 saturated carbocycles. The van der Waals surface area contributed by atoms with E-state index in [4.69, 9.17) is 9.47 Å². The number of nitrogens with one attached hydrogen (secondary N) is 3. The molecule has 0 fully saturated rings. The topological polar surface area (TPSA) is 110 Å². The molecular formula is C21H23N5O4. The molecule has 1 aliphatic rings. The average Bonchev–Trinajstić information content (AvgIpc) is 3.43. The molecule has 3 N–H and O–H groups in total. The first-order valence-corrected chi connectivity index (χ1v) is 9.76. The van der Waals surface area contributed by atoms with Crippen LogP contribution in [0, 0.1) is 0 Å². The Morgan fingerprint density at radius 3 is 2.97 bits per heavy atom. The fraction of sp³-hybridized carbons (Fsp3) is 0.286. The summed E-state index contributed by atoms with van der Waals surface area (Å²) in [6, 6.07) is 5.56. The van der Waals surface area contributed by atoms with Gasteiger partial charge in [0.25, 0.3) is 5.91 Å². The van der Waals surface area contributed by atoms with E-state index in [0.29, 0.717) is 48.8 Å². The van der Waals surface area contributed by atoms with Crippen molar-refractivity contribution >= 4 is 46.3 Å². The molecule has 1 amide bonds. The minimum Gasteiger partial charge on any atom is -0.495 e. The van der Waals surface area contributed by atoms with E-state index in [1.165, 1.54) is 0 Å². The maximum absolute atomic E-state index is 12.6. The summed E-state index contributed by atoms with van der Waals surface area (Å²) in [5.41, 5.74) is 3.51. The number of methoxy groups -OCH3 is 1. The van der Waals surface area contributed by atoms with Gasteiger partial charge in [0, 0.05) is 30.9 Å². The lowest BCUT2D eigenvalue weighted by atomic mass is 10.1. The molecule has 30 heavy (non-hydrogen) atoms. The molecule has 0 unspecified atom stereocenters. The van der Waals surface area contributed by atoms with E-state index in [2.05, 4.69) is 20.6 Å². The van der Waals surface area contributed by atoms with Gasteiger partial charge in [-0.15, -0.1) is 0 Å². The van der Waals surface area contributed by atoms with E-state index in [1.54, 1.807) is 31.0 Å². The van der Waals surface area contributed by atoms with Crippen molar-refractivity contribution in [3.63, 3.8) is 0 Å². The number of ether oxygens (including phenoxy) is 2. The Hall–Kier alpha value is -3.75. The normalized spacial score (nSPS) is 14.1. The smallest absolute Gasteiger partial charge is 0.305 e. The highest BCUT2D eigenvalue weighted by molar-refractivity contribution is 6.36. The lowest BCUT2D eigenvalue weighted by Gasteiger charge is -2.03. The number of esters is 1. The number of carbonyl (C=O) groups is 2. The Labute approximate surface area is 173 Å². The van der Waals surface area contributed by atoms with Crippen LogP contribution in [0.1, 0.15) is 25.3 Å². The van der Waals surface area contributed by atoms with Crippen LogP contribution in [0.5, 0.6) is 5.75 Å². The largest absolute Gasteiger partial charge is 0.495 e. The average molecular weight is 409 g/mol. The number of amides is 1. The lowest BCUT2D eigenvalue weighted by molar-refractivity contribution is -0.143. The second-order valence-electron chi connectivity index (χ2n) is 6.80. The van der Waals surface area contributed by atoms with Crippen molar-refractivity contribution in [1.82, 2.24) is 14.5 Å². The molecule has 0 bridgehead atoms. The third-order valence-corrected chi connectivity index (χ3v) is 4.77. The van der Waals surface area contributed by atoms with Crippen LogP contribution in [0.15, 0.2) is 30.6 Å². The van der Waals surface area contributed by atoms with E-state index >= 15 is 0 Å². The summed E-state index contributed by atoms with van der Waals surface area (Å²) in [5.74, 6) is 0.904. The molecule has 4 rings (SSSR count). The maximum atomic E-state index is 12.6. The summed E-state index contributed by atoms with van der Waals surface area (Å²) >= 11 is 0. The Morgan fingerprint density at radius 1 is 1.33 bits per heavy atom. The minimum atomic E-state index is -0.206. The van der Waals surface area contributed by atoms with Crippen molar-refractivity contribution in [3.05, 3.63) is 36.2 Å². The summed E-state index contributed by atoms with van der Waals surface area (Å²) in [5, 5.41) is 6.08. The molecule has 3 aromatic rings. The lowest BCUT2D eigenvalue weighted by Crippen LogP contribution is -2.08. The van der Waals surface area contributed by atoms with Gasteiger partial charge in [-0.25, -0.2) is 4.98 Å². The zero-order valence-electron chi connectivity index (χ0n) is 16.8. The molecule has 0 spiro atoms. The molecular weight excluding hydrogens is 386 g/mol. The van der Waals surface area contributed by atoms with Gasteiger partial charge in [0.15, 0.2) is 0 Å². The summed E-state index contributed by atoms with van der Waals surface area (Å²) < 4.78 is 11.9. The van der Waals surface area contributed by atoms with Crippen molar-refractivity contribution in [2.75, 3.05) is 30.9 Å². The molecule has 0 atom stereocenters. The van der Waals surface area contributed by atoms with E-state index in [-0.39, 0.29) is 11.9 Å².